The molecule has 28 heavy (non-hydrogen) atoms. The van der Waals surface area contributed by atoms with Crippen molar-refractivity contribution in [2.75, 3.05) is 20.2 Å². The van der Waals surface area contributed by atoms with E-state index in [1.807, 2.05) is 30.3 Å². The van der Waals surface area contributed by atoms with E-state index in [1.54, 1.807) is 7.11 Å². The molecule has 0 amide bonds. The van der Waals surface area contributed by atoms with Crippen LogP contribution < -0.4 is 14.8 Å². The monoisotopic (exact) mass is 377 g/mol. The fraction of sp³-hybridized carbons (Fsp3) is 0.333. The molecule has 3 aromatic carbocycles. The van der Waals surface area contributed by atoms with E-state index in [1.165, 1.54) is 11.8 Å². The van der Waals surface area contributed by atoms with Crippen LogP contribution in [0.1, 0.15) is 24.0 Å². The van der Waals surface area contributed by atoms with Crippen molar-refractivity contribution in [1.82, 2.24) is 5.32 Å². The number of ether oxygens (including phenoxy) is 3. The normalized spacial score (nSPS) is 16.8. The van der Waals surface area contributed by atoms with Crippen molar-refractivity contribution in [2.24, 2.45) is 0 Å². The quantitative estimate of drug-likeness (QED) is 0.648. The Morgan fingerprint density at radius 2 is 1.82 bits per heavy atom. The van der Waals surface area contributed by atoms with E-state index in [0.717, 1.165) is 47.5 Å². The Morgan fingerprint density at radius 3 is 2.68 bits per heavy atom. The topological polar surface area (TPSA) is 39.7 Å². The highest BCUT2D eigenvalue weighted by molar-refractivity contribution is 5.89. The highest BCUT2D eigenvalue weighted by Gasteiger charge is 2.14. The van der Waals surface area contributed by atoms with Crippen LogP contribution in [-0.4, -0.2) is 26.3 Å². The van der Waals surface area contributed by atoms with Crippen LogP contribution in [0.4, 0.5) is 0 Å². The van der Waals surface area contributed by atoms with Gasteiger partial charge in [0.15, 0.2) is 0 Å². The Hall–Kier alpha value is -2.56. The molecular formula is C24H27NO3. The summed E-state index contributed by atoms with van der Waals surface area (Å²) in [5, 5.41) is 5.68. The van der Waals surface area contributed by atoms with E-state index in [0.29, 0.717) is 13.2 Å². The summed E-state index contributed by atoms with van der Waals surface area (Å²) < 4.78 is 17.8. The molecular weight excluding hydrogens is 350 g/mol. The van der Waals surface area contributed by atoms with E-state index >= 15 is 0 Å². The Balaban J connectivity index is 1.53. The molecule has 4 rings (SSSR count). The number of benzene rings is 3. The van der Waals surface area contributed by atoms with Crippen molar-refractivity contribution in [1.29, 1.82) is 0 Å². The van der Waals surface area contributed by atoms with Crippen LogP contribution in [0.15, 0.2) is 60.7 Å². The molecule has 1 fully saturated rings. The van der Waals surface area contributed by atoms with Crippen molar-refractivity contribution >= 4 is 10.8 Å². The van der Waals surface area contributed by atoms with Gasteiger partial charge in [-0.15, -0.1) is 0 Å². The van der Waals surface area contributed by atoms with Gasteiger partial charge < -0.3 is 19.5 Å². The summed E-state index contributed by atoms with van der Waals surface area (Å²) >= 11 is 0. The predicted molar refractivity (Wildman–Crippen MR) is 112 cm³/mol. The van der Waals surface area contributed by atoms with E-state index in [9.17, 15) is 0 Å². The van der Waals surface area contributed by atoms with Crippen LogP contribution in [0.5, 0.6) is 11.5 Å². The third-order valence-electron chi connectivity index (χ3n) is 5.20. The molecule has 0 bridgehead atoms. The van der Waals surface area contributed by atoms with E-state index < -0.39 is 0 Å². The zero-order valence-electron chi connectivity index (χ0n) is 16.3. The lowest BCUT2D eigenvalue weighted by Gasteiger charge is -2.23. The van der Waals surface area contributed by atoms with E-state index in [4.69, 9.17) is 14.2 Å². The SMILES string of the molecule is COc1ccccc1COc1cc(COC2CCCNC2)cc2ccccc12. The van der Waals surface area contributed by atoms with Gasteiger partial charge in [-0.25, -0.2) is 0 Å². The van der Waals surface area contributed by atoms with Crippen molar-refractivity contribution in [3.63, 3.8) is 0 Å². The first-order chi connectivity index (χ1) is 13.8. The van der Waals surface area contributed by atoms with Gasteiger partial charge in [0.25, 0.3) is 0 Å². The molecule has 1 aliphatic rings. The lowest BCUT2D eigenvalue weighted by atomic mass is 10.1. The molecule has 0 spiro atoms. The van der Waals surface area contributed by atoms with E-state index in [-0.39, 0.29) is 6.10 Å². The summed E-state index contributed by atoms with van der Waals surface area (Å²) in [4.78, 5) is 0. The summed E-state index contributed by atoms with van der Waals surface area (Å²) in [6, 6.07) is 20.6. The summed E-state index contributed by atoms with van der Waals surface area (Å²) in [6.07, 6.45) is 2.59. The van der Waals surface area contributed by atoms with Crippen LogP contribution in [0.3, 0.4) is 0 Å². The predicted octanol–water partition coefficient (Wildman–Crippen LogP) is 4.70. The lowest BCUT2D eigenvalue weighted by Crippen LogP contribution is -2.35. The zero-order valence-corrected chi connectivity index (χ0v) is 16.3. The molecule has 0 radical (unpaired) electrons. The van der Waals surface area contributed by atoms with Gasteiger partial charge in [-0.1, -0.05) is 42.5 Å². The van der Waals surface area contributed by atoms with Gasteiger partial charge in [0.2, 0.25) is 0 Å². The first-order valence-corrected chi connectivity index (χ1v) is 9.92. The van der Waals surface area contributed by atoms with E-state index in [2.05, 4.69) is 35.6 Å². The number of rotatable bonds is 7. The van der Waals surface area contributed by atoms with Gasteiger partial charge in [-0.2, -0.15) is 0 Å². The maximum absolute atomic E-state index is 6.23. The molecule has 4 nitrogen and oxygen atoms in total. The highest BCUT2D eigenvalue weighted by Crippen LogP contribution is 2.30. The summed E-state index contributed by atoms with van der Waals surface area (Å²) in [6.45, 7) is 3.09. The van der Waals surface area contributed by atoms with Crippen LogP contribution in [0.2, 0.25) is 0 Å². The first-order valence-electron chi connectivity index (χ1n) is 9.92. The number of methoxy groups -OCH3 is 1. The minimum Gasteiger partial charge on any atom is -0.496 e. The van der Waals surface area contributed by atoms with Crippen LogP contribution in [0, 0.1) is 0 Å². The van der Waals surface area contributed by atoms with Gasteiger partial charge in [-0.3, -0.25) is 0 Å². The minimum absolute atomic E-state index is 0.290. The van der Waals surface area contributed by atoms with Crippen LogP contribution in [0.25, 0.3) is 10.8 Å². The Morgan fingerprint density at radius 1 is 0.964 bits per heavy atom. The number of piperidine rings is 1. The van der Waals surface area contributed by atoms with Crippen LogP contribution in [-0.2, 0) is 18.0 Å². The third-order valence-corrected chi connectivity index (χ3v) is 5.20. The maximum atomic E-state index is 6.23. The number of nitrogens with one attached hydrogen (secondary N) is 1. The molecule has 1 unspecified atom stereocenters. The van der Waals surface area contributed by atoms with Crippen molar-refractivity contribution in [2.45, 2.75) is 32.2 Å². The molecule has 0 aromatic heterocycles. The average Bonchev–Trinajstić information content (AvgIpc) is 2.77. The molecule has 3 aromatic rings. The third kappa shape index (κ3) is 4.46. The van der Waals surface area contributed by atoms with Crippen molar-refractivity contribution in [3.8, 4) is 11.5 Å². The Labute approximate surface area is 166 Å². The first kappa shape index (κ1) is 18.8. The lowest BCUT2D eigenvalue weighted by molar-refractivity contribution is 0.0252. The molecule has 1 atom stereocenters. The number of hydrogen-bond acceptors (Lipinski definition) is 4. The summed E-state index contributed by atoms with van der Waals surface area (Å²) in [7, 11) is 1.69. The molecule has 0 aliphatic carbocycles. The van der Waals surface area contributed by atoms with Gasteiger partial charge in [0.05, 0.1) is 19.8 Å². The standard InChI is InChI=1S/C24H27NO3/c1-26-23-11-5-3-8-20(23)17-28-24-14-18(13-19-7-2-4-10-22(19)24)16-27-21-9-6-12-25-15-21/h2-5,7-8,10-11,13-14,21,25H,6,9,12,15-17H2,1H3. The molecule has 1 heterocycles. The molecule has 4 heteroatoms. The largest absolute Gasteiger partial charge is 0.496 e. The number of fused-ring (bicyclic) bond motifs is 1. The molecule has 1 saturated heterocycles. The minimum atomic E-state index is 0.290. The molecule has 1 aliphatic heterocycles. The summed E-state index contributed by atoms with van der Waals surface area (Å²) in [5.41, 5.74) is 2.17. The fourth-order valence-electron chi connectivity index (χ4n) is 3.69. The molecule has 146 valence electrons. The van der Waals surface area contributed by atoms with Gasteiger partial charge in [-0.05, 0) is 48.5 Å². The zero-order chi connectivity index (χ0) is 19.2. The van der Waals surface area contributed by atoms with Crippen molar-refractivity contribution in [3.05, 3.63) is 71.8 Å². The van der Waals surface area contributed by atoms with Gasteiger partial charge in [0.1, 0.15) is 18.1 Å². The summed E-state index contributed by atoms with van der Waals surface area (Å²) in [5.74, 6) is 1.72. The number of hydrogen-bond donors (Lipinski definition) is 1. The van der Waals surface area contributed by atoms with Gasteiger partial charge in [0, 0.05) is 17.5 Å². The second kappa shape index (κ2) is 9.09. The molecule has 1 N–H and O–H groups in total. The Kier molecular flexibility index (Phi) is 6.10. The Bertz CT molecular complexity index is 919. The number of para-hydroxylation sites is 1. The maximum Gasteiger partial charge on any atom is 0.127 e. The van der Waals surface area contributed by atoms with Gasteiger partial charge >= 0.3 is 0 Å². The second-order valence-electron chi connectivity index (χ2n) is 7.19. The second-order valence-corrected chi connectivity index (χ2v) is 7.19. The fourth-order valence-corrected chi connectivity index (χ4v) is 3.69. The highest BCUT2D eigenvalue weighted by atomic mass is 16.5. The van der Waals surface area contributed by atoms with Crippen molar-refractivity contribution < 1.29 is 14.2 Å². The smallest absolute Gasteiger partial charge is 0.127 e. The molecule has 0 saturated carbocycles. The van der Waals surface area contributed by atoms with Crippen LogP contribution >= 0.6 is 0 Å². The average molecular weight is 377 g/mol.